The van der Waals surface area contributed by atoms with Gasteiger partial charge in [-0.2, -0.15) is 0 Å². The van der Waals surface area contributed by atoms with Crippen LogP contribution in [0.15, 0.2) is 6.20 Å². The lowest BCUT2D eigenvalue weighted by Gasteiger charge is -2.02. The zero-order valence-corrected chi connectivity index (χ0v) is 8.00. The number of carbonyl (C=O) groups is 1. The van der Waals surface area contributed by atoms with Crippen molar-refractivity contribution in [3.63, 3.8) is 0 Å². The van der Waals surface area contributed by atoms with Gasteiger partial charge in [0.2, 0.25) is 0 Å². The Labute approximate surface area is 77.0 Å². The molecule has 13 heavy (non-hydrogen) atoms. The highest BCUT2D eigenvalue weighted by Gasteiger charge is 2.09. The molecule has 0 amide bonds. The van der Waals surface area contributed by atoms with Gasteiger partial charge in [0.1, 0.15) is 0 Å². The number of nitrogens with zero attached hydrogens (tertiary/aromatic N) is 2. The fourth-order valence-corrected chi connectivity index (χ4v) is 0.845. The maximum atomic E-state index is 11.2. The minimum Gasteiger partial charge on any atom is -0.461 e. The summed E-state index contributed by atoms with van der Waals surface area (Å²) in [6.07, 6.45) is 1.43. The van der Waals surface area contributed by atoms with Gasteiger partial charge >= 0.3 is 5.97 Å². The molecule has 0 unspecified atom stereocenters. The van der Waals surface area contributed by atoms with Crippen LogP contribution in [0.1, 0.15) is 28.8 Å². The van der Waals surface area contributed by atoms with Gasteiger partial charge in [0.05, 0.1) is 24.2 Å². The number of esters is 1. The number of hydrogen-bond acceptors (Lipinski definition) is 4. The summed E-state index contributed by atoms with van der Waals surface area (Å²) >= 11 is 0. The van der Waals surface area contributed by atoms with Crippen LogP contribution in [0.4, 0.5) is 0 Å². The highest BCUT2D eigenvalue weighted by Crippen LogP contribution is 2.02. The Morgan fingerprint density at radius 1 is 1.46 bits per heavy atom. The average Bonchev–Trinajstić information content (AvgIpc) is 2.10. The predicted octanol–water partition coefficient (Wildman–Crippen LogP) is 1.27. The maximum Gasteiger partial charge on any atom is 0.358 e. The molecule has 0 saturated carbocycles. The standard InChI is InChI=1S/C9H12N2O2/c1-4-13-9(12)8-5-10-6(2)7(3)11-8/h5H,4H2,1-3H3. The highest BCUT2D eigenvalue weighted by molar-refractivity contribution is 5.86. The molecule has 1 rings (SSSR count). The Bertz CT molecular complexity index is 323. The normalized spacial score (nSPS) is 9.77. The van der Waals surface area contributed by atoms with Gasteiger partial charge in [-0.3, -0.25) is 4.98 Å². The molecule has 4 heteroatoms. The molecule has 0 N–H and O–H groups in total. The molecule has 0 aliphatic rings. The van der Waals surface area contributed by atoms with Crippen LogP contribution in [0, 0.1) is 13.8 Å². The van der Waals surface area contributed by atoms with E-state index in [1.165, 1.54) is 6.20 Å². The first kappa shape index (κ1) is 9.64. The smallest absolute Gasteiger partial charge is 0.358 e. The number of rotatable bonds is 2. The van der Waals surface area contributed by atoms with Crippen molar-refractivity contribution in [1.29, 1.82) is 0 Å². The van der Waals surface area contributed by atoms with E-state index in [2.05, 4.69) is 9.97 Å². The number of aryl methyl sites for hydroxylation is 2. The molecule has 1 heterocycles. The van der Waals surface area contributed by atoms with E-state index in [1.54, 1.807) is 6.92 Å². The van der Waals surface area contributed by atoms with Crippen molar-refractivity contribution in [2.24, 2.45) is 0 Å². The van der Waals surface area contributed by atoms with E-state index in [4.69, 9.17) is 4.74 Å². The summed E-state index contributed by atoms with van der Waals surface area (Å²) in [4.78, 5) is 19.3. The SMILES string of the molecule is CCOC(=O)c1cnc(C)c(C)n1. The van der Waals surface area contributed by atoms with Gasteiger partial charge in [-0.25, -0.2) is 9.78 Å². The monoisotopic (exact) mass is 180 g/mol. The summed E-state index contributed by atoms with van der Waals surface area (Å²) < 4.78 is 4.78. The van der Waals surface area contributed by atoms with Crippen LogP contribution in [0.25, 0.3) is 0 Å². The topological polar surface area (TPSA) is 52.1 Å². The van der Waals surface area contributed by atoms with Crippen molar-refractivity contribution in [1.82, 2.24) is 9.97 Å². The second kappa shape index (κ2) is 3.98. The summed E-state index contributed by atoms with van der Waals surface area (Å²) in [5, 5.41) is 0. The Hall–Kier alpha value is -1.45. The zero-order chi connectivity index (χ0) is 9.84. The van der Waals surface area contributed by atoms with E-state index in [1.807, 2.05) is 13.8 Å². The Balaban J connectivity index is 2.90. The number of hydrogen-bond donors (Lipinski definition) is 0. The molecule has 0 fully saturated rings. The van der Waals surface area contributed by atoms with Crippen LogP contribution in [-0.2, 0) is 4.74 Å². The van der Waals surface area contributed by atoms with Crippen LogP contribution in [0.2, 0.25) is 0 Å². The molecule has 70 valence electrons. The van der Waals surface area contributed by atoms with Gasteiger partial charge in [0.15, 0.2) is 5.69 Å². The van der Waals surface area contributed by atoms with Crippen molar-refractivity contribution in [3.05, 3.63) is 23.3 Å². The molecule has 1 aromatic rings. The summed E-state index contributed by atoms with van der Waals surface area (Å²) in [7, 11) is 0. The van der Waals surface area contributed by atoms with Crippen molar-refractivity contribution < 1.29 is 9.53 Å². The van der Waals surface area contributed by atoms with Gasteiger partial charge in [-0.1, -0.05) is 0 Å². The van der Waals surface area contributed by atoms with E-state index in [9.17, 15) is 4.79 Å². The predicted molar refractivity (Wildman–Crippen MR) is 47.5 cm³/mol. The Morgan fingerprint density at radius 2 is 2.15 bits per heavy atom. The lowest BCUT2D eigenvalue weighted by molar-refractivity contribution is 0.0518. The Morgan fingerprint density at radius 3 is 2.69 bits per heavy atom. The third-order valence-corrected chi connectivity index (χ3v) is 1.68. The van der Waals surface area contributed by atoms with E-state index in [0.29, 0.717) is 6.61 Å². The largest absolute Gasteiger partial charge is 0.461 e. The van der Waals surface area contributed by atoms with Crippen molar-refractivity contribution in [2.45, 2.75) is 20.8 Å². The number of aromatic nitrogens is 2. The minimum atomic E-state index is -0.418. The first-order valence-corrected chi connectivity index (χ1v) is 4.12. The summed E-state index contributed by atoms with van der Waals surface area (Å²) in [6, 6.07) is 0. The lowest BCUT2D eigenvalue weighted by atomic mass is 10.3. The molecular weight excluding hydrogens is 168 g/mol. The molecule has 1 aromatic heterocycles. The van der Waals surface area contributed by atoms with Crippen LogP contribution < -0.4 is 0 Å². The molecular formula is C9H12N2O2. The van der Waals surface area contributed by atoms with E-state index >= 15 is 0 Å². The first-order chi connectivity index (χ1) is 6.15. The summed E-state index contributed by atoms with van der Waals surface area (Å²) in [5.41, 5.74) is 1.85. The van der Waals surface area contributed by atoms with Crippen LogP contribution >= 0.6 is 0 Å². The van der Waals surface area contributed by atoms with Gasteiger partial charge < -0.3 is 4.74 Å². The van der Waals surface area contributed by atoms with E-state index in [0.717, 1.165) is 11.4 Å². The molecule has 0 saturated heterocycles. The summed E-state index contributed by atoms with van der Waals surface area (Å²) in [6.45, 7) is 5.77. The van der Waals surface area contributed by atoms with E-state index < -0.39 is 5.97 Å². The minimum absolute atomic E-state index is 0.268. The fourth-order valence-electron chi connectivity index (χ4n) is 0.845. The van der Waals surface area contributed by atoms with Gasteiger partial charge in [0.25, 0.3) is 0 Å². The maximum absolute atomic E-state index is 11.2. The van der Waals surface area contributed by atoms with Crippen LogP contribution in [0.5, 0.6) is 0 Å². The first-order valence-electron chi connectivity index (χ1n) is 4.12. The quantitative estimate of drug-likeness (QED) is 0.643. The Kier molecular flexibility index (Phi) is 2.95. The molecule has 0 radical (unpaired) electrons. The van der Waals surface area contributed by atoms with Gasteiger partial charge in [0, 0.05) is 0 Å². The third kappa shape index (κ3) is 2.24. The molecule has 0 spiro atoms. The molecule has 4 nitrogen and oxygen atoms in total. The third-order valence-electron chi connectivity index (χ3n) is 1.68. The van der Waals surface area contributed by atoms with Crippen molar-refractivity contribution in [2.75, 3.05) is 6.61 Å². The zero-order valence-electron chi connectivity index (χ0n) is 8.00. The molecule has 0 aromatic carbocycles. The second-order valence-corrected chi connectivity index (χ2v) is 2.65. The van der Waals surface area contributed by atoms with Crippen LogP contribution in [-0.4, -0.2) is 22.5 Å². The van der Waals surface area contributed by atoms with Crippen molar-refractivity contribution in [3.8, 4) is 0 Å². The average molecular weight is 180 g/mol. The lowest BCUT2D eigenvalue weighted by Crippen LogP contribution is -2.09. The fraction of sp³-hybridized carbons (Fsp3) is 0.444. The van der Waals surface area contributed by atoms with Crippen LogP contribution in [0.3, 0.4) is 0 Å². The summed E-state index contributed by atoms with van der Waals surface area (Å²) in [5.74, 6) is -0.418. The molecule has 0 atom stereocenters. The highest BCUT2D eigenvalue weighted by atomic mass is 16.5. The van der Waals surface area contributed by atoms with E-state index in [-0.39, 0.29) is 5.69 Å². The molecule has 0 aliphatic heterocycles. The van der Waals surface area contributed by atoms with Gasteiger partial charge in [-0.15, -0.1) is 0 Å². The van der Waals surface area contributed by atoms with Gasteiger partial charge in [-0.05, 0) is 20.8 Å². The second-order valence-electron chi connectivity index (χ2n) is 2.65. The number of ether oxygens (including phenoxy) is 1. The molecule has 0 bridgehead atoms. The number of carbonyl (C=O) groups excluding carboxylic acids is 1. The van der Waals surface area contributed by atoms with Crippen molar-refractivity contribution >= 4 is 5.97 Å². The molecule has 0 aliphatic carbocycles.